The van der Waals surface area contributed by atoms with Gasteiger partial charge in [-0.15, -0.1) is 0 Å². The molecule has 0 heterocycles. The number of carbonyl (C=O) groups is 1. The molecule has 0 saturated carbocycles. The van der Waals surface area contributed by atoms with E-state index in [1.165, 1.54) is 70.5 Å². The summed E-state index contributed by atoms with van der Waals surface area (Å²) in [6, 6.07) is 0. The highest BCUT2D eigenvalue weighted by Gasteiger charge is 2.25. The number of hydrogen-bond donors (Lipinski definition) is 2. The monoisotopic (exact) mass is 612 g/mol. The number of carbonyl (C=O) groups excluding carboxylic acids is 1. The first-order chi connectivity index (χ1) is 20.4. The van der Waals surface area contributed by atoms with Crippen molar-refractivity contribution in [3.8, 4) is 0 Å². The molecule has 2 atom stereocenters. The van der Waals surface area contributed by atoms with Crippen molar-refractivity contribution in [2.24, 2.45) is 0 Å². The predicted molar refractivity (Wildman–Crippen MR) is 172 cm³/mol. The molecule has 1 unspecified atom stereocenters. The summed E-state index contributed by atoms with van der Waals surface area (Å²) < 4.78 is 32.8. The van der Waals surface area contributed by atoms with Gasteiger partial charge in [-0.05, 0) is 18.9 Å². The van der Waals surface area contributed by atoms with E-state index < -0.39 is 13.9 Å². The van der Waals surface area contributed by atoms with Gasteiger partial charge in [-0.2, -0.15) is 0 Å². The van der Waals surface area contributed by atoms with Crippen molar-refractivity contribution in [2.75, 3.05) is 26.4 Å². The normalized spacial score (nSPS) is 14.6. The summed E-state index contributed by atoms with van der Waals surface area (Å²) in [7, 11) is -4.26. The van der Waals surface area contributed by atoms with Gasteiger partial charge in [0.1, 0.15) is 13.2 Å². The van der Waals surface area contributed by atoms with Gasteiger partial charge in [-0.3, -0.25) is 13.8 Å². The van der Waals surface area contributed by atoms with Crippen LogP contribution in [0.5, 0.6) is 0 Å². The number of rotatable bonds is 29. The first-order valence-corrected chi connectivity index (χ1v) is 17.5. The molecule has 0 aliphatic carbocycles. The third-order valence-corrected chi connectivity index (χ3v) is 7.20. The number of esters is 1. The van der Waals surface area contributed by atoms with Gasteiger partial charge in [0.25, 0.3) is 0 Å². The number of hydrogen-bond acceptors (Lipinski definition) is 6. The lowest BCUT2D eigenvalue weighted by Crippen LogP contribution is -2.52. The van der Waals surface area contributed by atoms with E-state index in [0.29, 0.717) is 6.54 Å². The van der Waals surface area contributed by atoms with Crippen LogP contribution in [0, 0.1) is 0 Å². The number of phosphoric acid groups is 1. The Morgan fingerprint density at radius 3 is 1.81 bits per heavy atom. The lowest BCUT2D eigenvalue weighted by molar-refractivity contribution is -0.371. The summed E-state index contributed by atoms with van der Waals surface area (Å²) in [5.41, 5.74) is 3.57. The van der Waals surface area contributed by atoms with Crippen molar-refractivity contribution in [2.45, 2.75) is 116 Å². The van der Waals surface area contributed by atoms with Crippen molar-refractivity contribution in [3.63, 3.8) is 0 Å². The highest BCUT2D eigenvalue weighted by Crippen LogP contribution is 2.43. The fourth-order valence-electron chi connectivity index (χ4n) is 3.91. The molecule has 8 nitrogen and oxygen atoms in total. The van der Waals surface area contributed by atoms with Crippen LogP contribution < -0.4 is 5.73 Å². The summed E-state index contributed by atoms with van der Waals surface area (Å²) in [6.45, 7) is 4.31. The minimum Gasteiger partial charge on any atom is -0.497 e. The fraction of sp³-hybridized carbons (Fsp3) is 0.667. The Bertz CT molecular complexity index is 823. The van der Waals surface area contributed by atoms with Crippen molar-refractivity contribution in [1.82, 2.24) is 0 Å². The quantitative estimate of drug-likeness (QED) is 0.0290. The molecule has 0 spiro atoms. The van der Waals surface area contributed by atoms with E-state index in [1.807, 2.05) is 36.5 Å². The summed E-state index contributed by atoms with van der Waals surface area (Å²) in [6.07, 6.45) is 35.0. The highest BCUT2D eigenvalue weighted by atomic mass is 31.2. The predicted octanol–water partition coefficient (Wildman–Crippen LogP) is 7.92. The largest absolute Gasteiger partial charge is 0.497 e. The molecule has 0 fully saturated rings. The molecule has 0 aliphatic heterocycles. The van der Waals surface area contributed by atoms with Crippen LogP contribution in [0.25, 0.3) is 0 Å². The Morgan fingerprint density at radius 1 is 0.738 bits per heavy atom. The molecule has 0 aromatic rings. The number of phosphoric ester groups is 1. The van der Waals surface area contributed by atoms with Gasteiger partial charge in [0.2, 0.25) is 0 Å². The van der Waals surface area contributed by atoms with Crippen LogP contribution in [0.1, 0.15) is 110 Å². The average molecular weight is 613 g/mol. The van der Waals surface area contributed by atoms with Crippen molar-refractivity contribution < 1.29 is 38.5 Å². The molecule has 42 heavy (non-hydrogen) atoms. The third kappa shape index (κ3) is 29.5. The molecule has 9 heteroatoms. The van der Waals surface area contributed by atoms with E-state index in [1.54, 1.807) is 12.2 Å². The van der Waals surface area contributed by atoms with Crippen LogP contribution in [0.15, 0.2) is 60.9 Å². The second-order valence-electron chi connectivity index (χ2n) is 10.2. The number of allylic oxidation sites excluding steroid dienone is 9. The number of ether oxygens (including phenoxy) is 2. The van der Waals surface area contributed by atoms with Gasteiger partial charge in [0, 0.05) is 6.42 Å². The summed E-state index contributed by atoms with van der Waals surface area (Å²) in [5.74, 6) is -0.377. The molecule has 0 rings (SSSR count). The Hall–Kier alpha value is -1.96. The first kappa shape index (κ1) is 40.0. The van der Waals surface area contributed by atoms with Crippen LogP contribution in [-0.2, 0) is 27.9 Å². The second-order valence-corrected chi connectivity index (χ2v) is 11.7. The third-order valence-electron chi connectivity index (χ3n) is 6.21. The summed E-state index contributed by atoms with van der Waals surface area (Å²) >= 11 is 0. The zero-order valence-corrected chi connectivity index (χ0v) is 27.2. The van der Waals surface area contributed by atoms with E-state index in [0.717, 1.165) is 25.7 Å². The molecule has 0 bridgehead atoms. The topological polar surface area (TPSA) is 119 Å². The lowest BCUT2D eigenvalue weighted by Gasteiger charge is -2.19. The van der Waals surface area contributed by atoms with E-state index in [9.17, 15) is 14.3 Å². The maximum Gasteiger partial charge on any atom is 0.472 e. The van der Waals surface area contributed by atoms with Gasteiger partial charge < -0.3 is 20.1 Å². The first-order valence-electron chi connectivity index (χ1n) is 16.0. The molecule has 242 valence electrons. The van der Waals surface area contributed by atoms with Crippen molar-refractivity contribution >= 4 is 13.8 Å². The van der Waals surface area contributed by atoms with Crippen molar-refractivity contribution in [3.05, 3.63) is 60.9 Å². The molecular formula is C33H59NO7P+. The van der Waals surface area contributed by atoms with E-state index in [2.05, 4.69) is 25.7 Å². The lowest BCUT2D eigenvalue weighted by atomic mass is 10.0. The van der Waals surface area contributed by atoms with Crippen LogP contribution in [-0.4, -0.2) is 43.3 Å². The summed E-state index contributed by atoms with van der Waals surface area (Å²) in [5, 5.41) is 0. The molecule has 0 saturated heterocycles. The Morgan fingerprint density at radius 2 is 1.26 bits per heavy atom. The highest BCUT2D eigenvalue weighted by molar-refractivity contribution is 7.47. The maximum absolute atomic E-state index is 12.4. The fourth-order valence-corrected chi connectivity index (χ4v) is 4.69. The maximum atomic E-state index is 12.4. The van der Waals surface area contributed by atoms with Crippen LogP contribution in [0.2, 0.25) is 0 Å². The molecular weight excluding hydrogens is 553 g/mol. The average Bonchev–Trinajstić information content (AvgIpc) is 2.97. The number of quaternary nitrogens is 1. The minimum atomic E-state index is -4.26. The van der Waals surface area contributed by atoms with Gasteiger partial charge in [-0.25, -0.2) is 4.57 Å². The van der Waals surface area contributed by atoms with Crippen molar-refractivity contribution in [1.29, 1.82) is 0 Å². The second kappa shape index (κ2) is 30.5. The van der Waals surface area contributed by atoms with E-state index in [4.69, 9.17) is 18.5 Å². The molecule has 0 radical (unpaired) electrons. The molecule has 0 aromatic carbocycles. The van der Waals surface area contributed by atoms with Gasteiger partial charge in [0.15, 0.2) is 6.10 Å². The van der Waals surface area contributed by atoms with Crippen LogP contribution in [0.3, 0.4) is 0 Å². The summed E-state index contributed by atoms with van der Waals surface area (Å²) in [4.78, 5) is 22.2. The zero-order valence-electron chi connectivity index (χ0n) is 26.3. The molecule has 0 aliphatic rings. The SMILES string of the molecule is CC/C=C/C=C/C=C/C=C/C=C/OC[C@H](COP(=O)(O)OCC[NH3+])OC(=O)CCCCCCCCCCCCCCC. The molecule has 0 aromatic heterocycles. The molecule has 0 amide bonds. The zero-order chi connectivity index (χ0) is 31.0. The van der Waals surface area contributed by atoms with Crippen LogP contribution >= 0.6 is 7.82 Å². The minimum absolute atomic E-state index is 0.0114. The standard InChI is InChI=1S/C33H58NO7P/c1-3-5-7-9-11-13-15-16-17-18-20-22-24-26-33(35)41-32(31-40-42(36,37)39-29-27-34)30-38-28-25-23-21-19-14-12-10-8-6-4-2/h6,8,10,12,14,19,21,23,25,28,32H,3-5,7,9,11,13,15-18,20,22,24,26-27,29-31,34H2,1-2H3,(H,36,37)/p+1/b8-6+,12-10+,19-14+,23-21+,28-25+/t32-/m1/s1. The van der Waals surface area contributed by atoms with Gasteiger partial charge in [-0.1, -0.05) is 140 Å². The van der Waals surface area contributed by atoms with Gasteiger partial charge in [0.05, 0.1) is 19.4 Å². The Balaban J connectivity index is 4.36. The van der Waals surface area contributed by atoms with E-state index in [-0.39, 0.29) is 32.2 Å². The number of unbranched alkanes of at least 4 members (excludes halogenated alkanes) is 12. The van der Waals surface area contributed by atoms with E-state index >= 15 is 0 Å². The van der Waals surface area contributed by atoms with Crippen LogP contribution in [0.4, 0.5) is 0 Å². The Labute approximate surface area is 255 Å². The Kier molecular flexibility index (Phi) is 29.1. The smallest absolute Gasteiger partial charge is 0.472 e. The molecule has 4 N–H and O–H groups in total. The van der Waals surface area contributed by atoms with Gasteiger partial charge >= 0.3 is 13.8 Å².